The molecule has 0 atom stereocenters. The first kappa shape index (κ1) is 32.7. The highest BCUT2D eigenvalue weighted by Gasteiger charge is 2.02. The lowest BCUT2D eigenvalue weighted by atomic mass is 10.1. The largest absolute Gasteiger partial charge is 0.466 e. The van der Waals surface area contributed by atoms with Gasteiger partial charge in [-0.05, 0) is 44.9 Å². The second-order valence-corrected chi connectivity index (χ2v) is 9.71. The van der Waals surface area contributed by atoms with Crippen molar-refractivity contribution in [3.05, 3.63) is 36.5 Å². The van der Waals surface area contributed by atoms with E-state index in [0.717, 1.165) is 32.1 Å². The first-order chi connectivity index (χ1) is 16.8. The van der Waals surface area contributed by atoms with Crippen LogP contribution in [0.25, 0.3) is 0 Å². The number of carbonyl (C=O) groups excluding carboxylic acids is 1. The Hall–Kier alpha value is -1.31. The minimum atomic E-state index is 0.00924. The monoisotopic (exact) mass is 474 g/mol. The van der Waals surface area contributed by atoms with Gasteiger partial charge in [0.2, 0.25) is 0 Å². The van der Waals surface area contributed by atoms with E-state index in [1.165, 1.54) is 103 Å². The van der Waals surface area contributed by atoms with Crippen molar-refractivity contribution in [1.29, 1.82) is 0 Å². The Kier molecular flexibility index (Phi) is 28.6. The quantitative estimate of drug-likeness (QED) is 0.0707. The molecule has 0 spiro atoms. The van der Waals surface area contributed by atoms with Crippen LogP contribution in [-0.2, 0) is 9.53 Å². The van der Waals surface area contributed by atoms with Crippen LogP contribution in [0, 0.1) is 0 Å². The standard InChI is InChI=1S/C32H58O2/c1-3-5-7-9-11-13-15-16-17-18-19-21-23-25-27-29-31-34-32(33)30-28-26-24-22-20-14-12-10-8-6-4-2/h5,7,11,13,16-17H,3-4,6,8-10,12,14-15,18-31H2,1-2H3/b7-5-,13-11-,17-16-. The highest BCUT2D eigenvalue weighted by molar-refractivity contribution is 5.69. The number of unbranched alkanes of at least 4 members (excludes halogenated alkanes) is 16. The topological polar surface area (TPSA) is 26.3 Å². The molecule has 0 aliphatic carbocycles. The number of carbonyl (C=O) groups is 1. The molecule has 0 aliphatic heterocycles. The van der Waals surface area contributed by atoms with E-state index in [1.54, 1.807) is 0 Å². The molecule has 0 N–H and O–H groups in total. The molecule has 0 aromatic heterocycles. The molecule has 198 valence electrons. The van der Waals surface area contributed by atoms with Gasteiger partial charge in [0, 0.05) is 6.42 Å². The van der Waals surface area contributed by atoms with Gasteiger partial charge in [-0.1, -0.05) is 140 Å². The third-order valence-electron chi connectivity index (χ3n) is 6.29. The summed E-state index contributed by atoms with van der Waals surface area (Å²) in [5, 5.41) is 0. The van der Waals surface area contributed by atoms with Gasteiger partial charge in [-0.2, -0.15) is 0 Å². The van der Waals surface area contributed by atoms with Gasteiger partial charge in [0.25, 0.3) is 0 Å². The maximum Gasteiger partial charge on any atom is 0.305 e. The van der Waals surface area contributed by atoms with Crippen molar-refractivity contribution in [2.24, 2.45) is 0 Å². The number of ether oxygens (including phenoxy) is 1. The van der Waals surface area contributed by atoms with Crippen LogP contribution in [0.3, 0.4) is 0 Å². The number of hydrogen-bond acceptors (Lipinski definition) is 2. The van der Waals surface area contributed by atoms with Gasteiger partial charge in [0.1, 0.15) is 0 Å². The summed E-state index contributed by atoms with van der Waals surface area (Å²) in [7, 11) is 0. The highest BCUT2D eigenvalue weighted by Crippen LogP contribution is 2.12. The van der Waals surface area contributed by atoms with Crippen molar-refractivity contribution in [1.82, 2.24) is 0 Å². The lowest BCUT2D eigenvalue weighted by Crippen LogP contribution is -2.05. The van der Waals surface area contributed by atoms with Crippen LogP contribution in [0.4, 0.5) is 0 Å². The Balaban J connectivity index is 3.25. The van der Waals surface area contributed by atoms with E-state index < -0.39 is 0 Å². The summed E-state index contributed by atoms with van der Waals surface area (Å²) in [5.74, 6) is 0.00924. The van der Waals surface area contributed by atoms with E-state index in [1.807, 2.05) is 0 Å². The van der Waals surface area contributed by atoms with E-state index >= 15 is 0 Å². The molecule has 0 bridgehead atoms. The normalized spacial score (nSPS) is 11.9. The van der Waals surface area contributed by atoms with Crippen molar-refractivity contribution in [3.63, 3.8) is 0 Å². The van der Waals surface area contributed by atoms with Crippen molar-refractivity contribution >= 4 is 5.97 Å². The Labute approximate surface area is 213 Å². The maximum absolute atomic E-state index is 11.8. The predicted molar refractivity (Wildman–Crippen MR) is 151 cm³/mol. The Bertz CT molecular complexity index is 489. The molecule has 0 rings (SSSR count). The van der Waals surface area contributed by atoms with Gasteiger partial charge in [-0.25, -0.2) is 0 Å². The molecular formula is C32H58O2. The minimum absolute atomic E-state index is 0.00924. The van der Waals surface area contributed by atoms with Gasteiger partial charge in [0.05, 0.1) is 6.61 Å². The Morgan fingerprint density at radius 3 is 1.59 bits per heavy atom. The fourth-order valence-electron chi connectivity index (χ4n) is 4.09. The summed E-state index contributed by atoms with van der Waals surface area (Å²) >= 11 is 0. The third-order valence-corrected chi connectivity index (χ3v) is 6.29. The molecule has 34 heavy (non-hydrogen) atoms. The average molecular weight is 475 g/mol. The first-order valence-electron chi connectivity index (χ1n) is 14.9. The molecule has 0 aromatic rings. The lowest BCUT2D eigenvalue weighted by molar-refractivity contribution is -0.143. The average Bonchev–Trinajstić information content (AvgIpc) is 2.84. The third kappa shape index (κ3) is 28.7. The first-order valence-corrected chi connectivity index (χ1v) is 14.9. The van der Waals surface area contributed by atoms with Crippen molar-refractivity contribution < 1.29 is 9.53 Å². The molecule has 2 heteroatoms. The summed E-state index contributed by atoms with van der Waals surface area (Å²) in [6, 6.07) is 0. The van der Waals surface area contributed by atoms with Gasteiger partial charge in [-0.3, -0.25) is 4.79 Å². The van der Waals surface area contributed by atoms with E-state index in [-0.39, 0.29) is 5.97 Å². The van der Waals surface area contributed by atoms with Gasteiger partial charge in [0.15, 0.2) is 0 Å². The zero-order chi connectivity index (χ0) is 24.8. The second-order valence-electron chi connectivity index (χ2n) is 9.71. The van der Waals surface area contributed by atoms with Crippen LogP contribution in [0.2, 0.25) is 0 Å². The molecule has 0 fully saturated rings. The van der Waals surface area contributed by atoms with Gasteiger partial charge in [-0.15, -0.1) is 0 Å². The van der Waals surface area contributed by atoms with Crippen molar-refractivity contribution in [2.75, 3.05) is 6.61 Å². The van der Waals surface area contributed by atoms with Gasteiger partial charge >= 0.3 is 5.97 Å². The molecule has 0 aliphatic rings. The van der Waals surface area contributed by atoms with Gasteiger partial charge < -0.3 is 4.74 Å². The molecule has 2 nitrogen and oxygen atoms in total. The number of allylic oxidation sites excluding steroid dienone is 6. The molecule has 0 heterocycles. The van der Waals surface area contributed by atoms with E-state index in [2.05, 4.69) is 50.3 Å². The zero-order valence-electron chi connectivity index (χ0n) is 23.0. The highest BCUT2D eigenvalue weighted by atomic mass is 16.5. The summed E-state index contributed by atoms with van der Waals surface area (Å²) in [4.78, 5) is 11.8. The number of rotatable bonds is 26. The lowest BCUT2D eigenvalue weighted by Gasteiger charge is -2.05. The predicted octanol–water partition coefficient (Wildman–Crippen LogP) is 10.8. The fraction of sp³-hybridized carbons (Fsp3) is 0.781. The minimum Gasteiger partial charge on any atom is -0.466 e. The van der Waals surface area contributed by atoms with Crippen LogP contribution in [0.5, 0.6) is 0 Å². The molecule has 0 saturated carbocycles. The number of hydrogen-bond donors (Lipinski definition) is 0. The van der Waals surface area contributed by atoms with Crippen molar-refractivity contribution in [2.45, 2.75) is 155 Å². The molecule has 0 aromatic carbocycles. The van der Waals surface area contributed by atoms with Crippen LogP contribution >= 0.6 is 0 Å². The van der Waals surface area contributed by atoms with Crippen LogP contribution in [0.1, 0.15) is 155 Å². The second kappa shape index (κ2) is 29.7. The van der Waals surface area contributed by atoms with Crippen LogP contribution < -0.4 is 0 Å². The smallest absolute Gasteiger partial charge is 0.305 e. The number of esters is 1. The molecule has 0 radical (unpaired) electrons. The van der Waals surface area contributed by atoms with E-state index in [0.29, 0.717) is 13.0 Å². The molecular weight excluding hydrogens is 416 g/mol. The fourth-order valence-corrected chi connectivity index (χ4v) is 4.09. The summed E-state index contributed by atoms with van der Waals surface area (Å²) in [6.45, 7) is 5.05. The van der Waals surface area contributed by atoms with Crippen LogP contribution in [0.15, 0.2) is 36.5 Å². The maximum atomic E-state index is 11.8. The SMILES string of the molecule is CC/C=C\C/C=C\C/C=C\CCCCCCCCOC(=O)CCCCCCCCCCCCC. The zero-order valence-corrected chi connectivity index (χ0v) is 23.0. The Morgan fingerprint density at radius 1 is 0.529 bits per heavy atom. The summed E-state index contributed by atoms with van der Waals surface area (Å²) in [6.07, 6.45) is 40.4. The van der Waals surface area contributed by atoms with E-state index in [4.69, 9.17) is 4.74 Å². The van der Waals surface area contributed by atoms with Crippen LogP contribution in [-0.4, -0.2) is 12.6 Å². The molecule has 0 saturated heterocycles. The van der Waals surface area contributed by atoms with E-state index in [9.17, 15) is 4.79 Å². The summed E-state index contributed by atoms with van der Waals surface area (Å²) in [5.41, 5.74) is 0. The molecule has 0 unspecified atom stereocenters. The van der Waals surface area contributed by atoms with Crippen molar-refractivity contribution in [3.8, 4) is 0 Å². The molecule has 0 amide bonds. The summed E-state index contributed by atoms with van der Waals surface area (Å²) < 4.78 is 5.40. The Morgan fingerprint density at radius 2 is 1.00 bits per heavy atom.